The first kappa shape index (κ1) is 16.7. The molecule has 21 heavy (non-hydrogen) atoms. The zero-order valence-corrected chi connectivity index (χ0v) is 14.2. The lowest BCUT2D eigenvalue weighted by Gasteiger charge is -2.52. The van der Waals surface area contributed by atoms with E-state index in [9.17, 15) is 13.2 Å². The number of carbonyl (C=O) groups excluding carboxylic acids is 1. The van der Waals surface area contributed by atoms with Crippen molar-refractivity contribution >= 4 is 16.4 Å². The topological polar surface area (TPSA) is 60.4 Å². The maximum atomic E-state index is 11.5. The van der Waals surface area contributed by atoms with E-state index in [4.69, 9.17) is 4.18 Å². The number of hydrogen-bond donors (Lipinski definition) is 0. The summed E-state index contributed by atoms with van der Waals surface area (Å²) in [6.07, 6.45) is 6.01. The lowest BCUT2D eigenvalue weighted by molar-refractivity contribution is -0.122. The Labute approximate surface area is 128 Å². The summed E-state index contributed by atoms with van der Waals surface area (Å²) >= 11 is 0. The third-order valence-corrected chi connectivity index (χ3v) is 6.05. The fourth-order valence-corrected chi connectivity index (χ4v) is 4.85. The van der Waals surface area contributed by atoms with Gasteiger partial charge in [0.15, 0.2) is 0 Å². The molecule has 0 spiro atoms. The van der Waals surface area contributed by atoms with Gasteiger partial charge in [0.1, 0.15) is 6.29 Å². The molecule has 0 radical (unpaired) electrons. The molecule has 0 amide bonds. The standard InChI is InChI=1S/C16H26O4S/c1-11(2)12-7-8-16(3)14(9-12)13(10-17)5-6-15(16)20-21(4,18)19/h10,13-15H,5-9H2,1-4H3/t13-,14+,15-,16-/m0/s1. The van der Waals surface area contributed by atoms with Crippen molar-refractivity contribution in [2.45, 2.75) is 59.0 Å². The number of hydrogen-bond acceptors (Lipinski definition) is 4. The minimum absolute atomic E-state index is 0.0176. The lowest BCUT2D eigenvalue weighted by Crippen LogP contribution is -2.51. The average molecular weight is 314 g/mol. The van der Waals surface area contributed by atoms with E-state index in [-0.39, 0.29) is 23.4 Å². The number of rotatable bonds is 3. The van der Waals surface area contributed by atoms with Crippen molar-refractivity contribution in [3.8, 4) is 0 Å². The summed E-state index contributed by atoms with van der Waals surface area (Å²) in [5, 5.41) is 0. The molecule has 0 bridgehead atoms. The first-order valence-electron chi connectivity index (χ1n) is 7.66. The van der Waals surface area contributed by atoms with Crippen LogP contribution in [0.5, 0.6) is 0 Å². The number of aldehydes is 1. The van der Waals surface area contributed by atoms with Gasteiger partial charge in [0, 0.05) is 5.92 Å². The van der Waals surface area contributed by atoms with Crippen molar-refractivity contribution in [1.29, 1.82) is 0 Å². The normalized spacial score (nSPS) is 37.0. The Morgan fingerprint density at radius 2 is 2.00 bits per heavy atom. The Balaban J connectivity index is 2.33. The van der Waals surface area contributed by atoms with Crippen LogP contribution in [0.3, 0.4) is 0 Å². The summed E-state index contributed by atoms with van der Waals surface area (Å²) < 4.78 is 28.5. The quantitative estimate of drug-likeness (QED) is 0.456. The number of carbonyl (C=O) groups is 1. The summed E-state index contributed by atoms with van der Waals surface area (Å²) in [7, 11) is -3.47. The Kier molecular flexibility index (Phi) is 4.64. The van der Waals surface area contributed by atoms with E-state index in [0.717, 1.165) is 38.2 Å². The van der Waals surface area contributed by atoms with Crippen molar-refractivity contribution in [3.63, 3.8) is 0 Å². The molecular weight excluding hydrogens is 288 g/mol. The van der Waals surface area contributed by atoms with Gasteiger partial charge in [0.2, 0.25) is 0 Å². The highest BCUT2D eigenvalue weighted by Gasteiger charge is 2.51. The summed E-state index contributed by atoms with van der Waals surface area (Å²) in [6.45, 7) is 6.33. The molecular formula is C16H26O4S. The van der Waals surface area contributed by atoms with E-state index in [1.54, 1.807) is 0 Å². The second-order valence-electron chi connectivity index (χ2n) is 7.09. The minimum atomic E-state index is -3.47. The fourth-order valence-electron chi connectivity index (χ4n) is 4.11. The van der Waals surface area contributed by atoms with E-state index < -0.39 is 10.1 Å². The van der Waals surface area contributed by atoms with Crippen LogP contribution in [-0.2, 0) is 19.1 Å². The van der Waals surface area contributed by atoms with Gasteiger partial charge in [0.05, 0.1) is 12.4 Å². The molecule has 2 rings (SSSR count). The Morgan fingerprint density at radius 1 is 1.33 bits per heavy atom. The molecule has 2 saturated carbocycles. The predicted octanol–water partition coefficient (Wildman–Crippen LogP) is 3.08. The van der Waals surface area contributed by atoms with Crippen LogP contribution < -0.4 is 0 Å². The largest absolute Gasteiger partial charge is 0.303 e. The maximum absolute atomic E-state index is 11.5. The van der Waals surface area contributed by atoms with Crippen LogP contribution in [0.1, 0.15) is 52.9 Å². The molecule has 0 unspecified atom stereocenters. The van der Waals surface area contributed by atoms with E-state index >= 15 is 0 Å². The van der Waals surface area contributed by atoms with Gasteiger partial charge in [-0.15, -0.1) is 0 Å². The third-order valence-electron chi connectivity index (χ3n) is 5.47. The van der Waals surface area contributed by atoms with Crippen LogP contribution in [-0.4, -0.2) is 27.1 Å². The molecule has 0 heterocycles. The zero-order valence-electron chi connectivity index (χ0n) is 13.4. The Morgan fingerprint density at radius 3 is 2.52 bits per heavy atom. The van der Waals surface area contributed by atoms with Crippen LogP contribution >= 0.6 is 0 Å². The van der Waals surface area contributed by atoms with Gasteiger partial charge < -0.3 is 4.79 Å². The van der Waals surface area contributed by atoms with E-state index in [1.807, 2.05) is 0 Å². The van der Waals surface area contributed by atoms with E-state index in [1.165, 1.54) is 11.1 Å². The van der Waals surface area contributed by atoms with E-state index in [2.05, 4.69) is 20.8 Å². The lowest BCUT2D eigenvalue weighted by atomic mass is 9.54. The van der Waals surface area contributed by atoms with Crippen LogP contribution in [0.2, 0.25) is 0 Å². The Hall–Kier alpha value is -0.680. The molecule has 2 fully saturated rings. The van der Waals surface area contributed by atoms with Gasteiger partial charge in [-0.1, -0.05) is 18.1 Å². The Bertz CT molecular complexity index is 545. The zero-order chi connectivity index (χ0) is 15.8. The van der Waals surface area contributed by atoms with Crippen molar-refractivity contribution < 1.29 is 17.4 Å². The van der Waals surface area contributed by atoms with Crippen molar-refractivity contribution in [2.24, 2.45) is 17.3 Å². The average Bonchev–Trinajstić information content (AvgIpc) is 2.37. The number of allylic oxidation sites excluding steroid dienone is 2. The molecule has 120 valence electrons. The summed E-state index contributed by atoms with van der Waals surface area (Å²) in [5.74, 6) is 0.207. The SMILES string of the molecule is CC(C)=C1CC[C@]2(C)[C@@H](OS(C)(=O)=O)CC[C@@H](C=O)[C@H]2C1. The molecule has 4 nitrogen and oxygen atoms in total. The van der Waals surface area contributed by atoms with Crippen molar-refractivity contribution in [1.82, 2.24) is 0 Å². The fraction of sp³-hybridized carbons (Fsp3) is 0.812. The molecule has 2 aliphatic rings. The van der Waals surface area contributed by atoms with Crippen LogP contribution in [0.15, 0.2) is 11.1 Å². The van der Waals surface area contributed by atoms with Gasteiger partial charge in [-0.05, 0) is 57.3 Å². The molecule has 4 atom stereocenters. The molecule has 0 N–H and O–H groups in total. The first-order valence-corrected chi connectivity index (χ1v) is 9.48. The highest BCUT2D eigenvalue weighted by Crippen LogP contribution is 2.55. The second kappa shape index (κ2) is 5.84. The summed E-state index contributed by atoms with van der Waals surface area (Å²) in [4.78, 5) is 11.5. The maximum Gasteiger partial charge on any atom is 0.264 e. The molecule has 5 heteroatoms. The van der Waals surface area contributed by atoms with Crippen LogP contribution in [0, 0.1) is 17.3 Å². The molecule has 0 aromatic heterocycles. The molecule has 0 aromatic rings. The molecule has 0 aliphatic heterocycles. The van der Waals surface area contributed by atoms with Crippen molar-refractivity contribution in [2.75, 3.05) is 6.26 Å². The van der Waals surface area contributed by atoms with E-state index in [0.29, 0.717) is 6.42 Å². The molecule has 2 aliphatic carbocycles. The van der Waals surface area contributed by atoms with Crippen LogP contribution in [0.25, 0.3) is 0 Å². The van der Waals surface area contributed by atoms with Gasteiger partial charge in [-0.3, -0.25) is 4.18 Å². The van der Waals surface area contributed by atoms with Gasteiger partial charge in [0.25, 0.3) is 10.1 Å². The van der Waals surface area contributed by atoms with Gasteiger partial charge >= 0.3 is 0 Å². The monoisotopic (exact) mass is 314 g/mol. The summed E-state index contributed by atoms with van der Waals surface area (Å²) in [6, 6.07) is 0. The second-order valence-corrected chi connectivity index (χ2v) is 8.69. The van der Waals surface area contributed by atoms with Crippen molar-refractivity contribution in [3.05, 3.63) is 11.1 Å². The molecule has 0 saturated heterocycles. The van der Waals surface area contributed by atoms with Crippen LogP contribution in [0.4, 0.5) is 0 Å². The first-order chi connectivity index (χ1) is 9.67. The van der Waals surface area contributed by atoms with Gasteiger partial charge in [-0.25, -0.2) is 0 Å². The smallest absolute Gasteiger partial charge is 0.264 e. The van der Waals surface area contributed by atoms with Gasteiger partial charge in [-0.2, -0.15) is 8.42 Å². The highest BCUT2D eigenvalue weighted by atomic mass is 32.2. The predicted molar refractivity (Wildman–Crippen MR) is 82.3 cm³/mol. The molecule has 0 aromatic carbocycles. The third kappa shape index (κ3) is 3.39. The summed E-state index contributed by atoms with van der Waals surface area (Å²) in [5.41, 5.74) is 2.52. The number of fused-ring (bicyclic) bond motifs is 1. The highest BCUT2D eigenvalue weighted by molar-refractivity contribution is 7.86. The minimum Gasteiger partial charge on any atom is -0.303 e.